The average molecular weight is 285 g/mol. The van der Waals surface area contributed by atoms with Crippen molar-refractivity contribution in [3.63, 3.8) is 0 Å². The number of aromatic nitrogens is 2. The summed E-state index contributed by atoms with van der Waals surface area (Å²) in [7, 11) is 0. The first-order valence-electron chi connectivity index (χ1n) is 7.22. The predicted octanol–water partition coefficient (Wildman–Crippen LogP) is 1.95. The van der Waals surface area contributed by atoms with Crippen LogP contribution in [-0.4, -0.2) is 27.2 Å². The fraction of sp³-hybridized carbons (Fsp3) is 0.375. The van der Waals surface area contributed by atoms with Crippen molar-refractivity contribution in [1.29, 1.82) is 0 Å². The lowest BCUT2D eigenvalue weighted by Gasteiger charge is -2.09. The summed E-state index contributed by atoms with van der Waals surface area (Å²) in [5, 5.41) is 9.63. The number of hydrogen-bond donors (Lipinski definition) is 2. The third-order valence-electron chi connectivity index (χ3n) is 4.34. The van der Waals surface area contributed by atoms with Gasteiger partial charge in [-0.3, -0.25) is 4.79 Å². The van der Waals surface area contributed by atoms with Gasteiger partial charge in [0.2, 0.25) is 0 Å². The molecule has 1 aliphatic rings. The van der Waals surface area contributed by atoms with Gasteiger partial charge < -0.3 is 15.4 Å². The van der Waals surface area contributed by atoms with Crippen LogP contribution >= 0.6 is 0 Å². The number of imidazole rings is 1. The van der Waals surface area contributed by atoms with Crippen molar-refractivity contribution >= 4 is 5.97 Å². The first kappa shape index (κ1) is 13.8. The van der Waals surface area contributed by atoms with E-state index in [0.717, 1.165) is 18.5 Å². The molecule has 0 bridgehead atoms. The number of nitrogens with two attached hydrogens (primary N) is 1. The smallest absolute Gasteiger partial charge is 0.316 e. The first-order valence-corrected chi connectivity index (χ1v) is 7.22. The highest BCUT2D eigenvalue weighted by atomic mass is 16.4. The van der Waals surface area contributed by atoms with Gasteiger partial charge in [-0.25, -0.2) is 4.98 Å². The molecule has 1 heterocycles. The van der Waals surface area contributed by atoms with Crippen molar-refractivity contribution in [3.8, 4) is 5.69 Å². The van der Waals surface area contributed by atoms with Crippen LogP contribution in [0, 0.1) is 5.92 Å². The van der Waals surface area contributed by atoms with Crippen LogP contribution in [0.2, 0.25) is 0 Å². The number of carboxylic acids is 1. The fourth-order valence-corrected chi connectivity index (χ4v) is 3.02. The predicted molar refractivity (Wildman–Crippen MR) is 79.3 cm³/mol. The quantitative estimate of drug-likeness (QED) is 0.850. The van der Waals surface area contributed by atoms with E-state index < -0.39 is 11.4 Å². The fourth-order valence-electron chi connectivity index (χ4n) is 3.02. The number of para-hydroxylation sites is 1. The summed E-state index contributed by atoms with van der Waals surface area (Å²) in [5.41, 5.74) is 6.35. The molecule has 110 valence electrons. The second-order valence-electron chi connectivity index (χ2n) is 5.61. The zero-order chi connectivity index (χ0) is 14.9. The lowest BCUT2D eigenvalue weighted by Crippen LogP contribution is -2.23. The highest BCUT2D eigenvalue weighted by Crippen LogP contribution is 2.56. The molecular formula is C16H19N3O2. The maximum Gasteiger partial charge on any atom is 0.316 e. The van der Waals surface area contributed by atoms with Crippen LogP contribution in [0.4, 0.5) is 0 Å². The third-order valence-corrected chi connectivity index (χ3v) is 4.34. The number of rotatable bonds is 6. The van der Waals surface area contributed by atoms with Crippen LogP contribution in [0.25, 0.3) is 5.69 Å². The first-order chi connectivity index (χ1) is 10.2. The van der Waals surface area contributed by atoms with Crippen LogP contribution < -0.4 is 5.73 Å². The van der Waals surface area contributed by atoms with E-state index in [1.165, 1.54) is 0 Å². The van der Waals surface area contributed by atoms with Gasteiger partial charge in [0.15, 0.2) is 0 Å². The number of carboxylic acid groups (broad SMARTS) is 1. The summed E-state index contributed by atoms with van der Waals surface area (Å²) in [4.78, 5) is 16.1. The van der Waals surface area contributed by atoms with E-state index in [-0.39, 0.29) is 5.92 Å². The number of benzene rings is 1. The van der Waals surface area contributed by atoms with Gasteiger partial charge in [-0.2, -0.15) is 0 Å². The molecule has 3 rings (SSSR count). The Balaban J connectivity index is 1.86. The van der Waals surface area contributed by atoms with Crippen LogP contribution in [-0.2, 0) is 10.2 Å². The zero-order valence-electron chi connectivity index (χ0n) is 11.8. The van der Waals surface area contributed by atoms with Crippen LogP contribution in [0.1, 0.15) is 25.0 Å². The molecule has 0 saturated heterocycles. The second-order valence-corrected chi connectivity index (χ2v) is 5.61. The Labute approximate surface area is 123 Å². The molecule has 3 N–H and O–H groups in total. The minimum absolute atomic E-state index is 0.151. The van der Waals surface area contributed by atoms with Crippen LogP contribution in [0.5, 0.6) is 0 Å². The van der Waals surface area contributed by atoms with E-state index in [1.54, 1.807) is 6.33 Å². The van der Waals surface area contributed by atoms with Gasteiger partial charge in [-0.15, -0.1) is 0 Å². The molecule has 1 saturated carbocycles. The van der Waals surface area contributed by atoms with Crippen molar-refractivity contribution in [2.75, 3.05) is 6.54 Å². The highest BCUT2D eigenvalue weighted by molar-refractivity contribution is 5.85. The molecule has 1 aromatic carbocycles. The molecular weight excluding hydrogens is 266 g/mol. The summed E-state index contributed by atoms with van der Waals surface area (Å²) >= 11 is 0. The van der Waals surface area contributed by atoms with E-state index in [2.05, 4.69) is 4.98 Å². The van der Waals surface area contributed by atoms with E-state index in [9.17, 15) is 9.90 Å². The number of hydrogen-bond acceptors (Lipinski definition) is 3. The van der Waals surface area contributed by atoms with E-state index in [0.29, 0.717) is 18.7 Å². The Bertz CT molecular complexity index is 638. The maximum absolute atomic E-state index is 11.7. The van der Waals surface area contributed by atoms with Crippen molar-refractivity contribution in [3.05, 3.63) is 48.5 Å². The van der Waals surface area contributed by atoms with Crippen LogP contribution in [0.3, 0.4) is 0 Å². The highest BCUT2D eigenvalue weighted by Gasteiger charge is 2.62. The monoisotopic (exact) mass is 285 g/mol. The van der Waals surface area contributed by atoms with E-state index >= 15 is 0 Å². The Morgan fingerprint density at radius 2 is 2.19 bits per heavy atom. The molecule has 0 spiro atoms. The molecule has 1 aromatic heterocycles. The lowest BCUT2D eigenvalue weighted by molar-refractivity contribution is -0.140. The van der Waals surface area contributed by atoms with Gasteiger partial charge in [0.25, 0.3) is 0 Å². The molecule has 1 fully saturated rings. The summed E-state index contributed by atoms with van der Waals surface area (Å²) in [6.07, 6.45) is 5.90. The van der Waals surface area contributed by atoms with Gasteiger partial charge in [0, 0.05) is 11.9 Å². The summed E-state index contributed by atoms with van der Waals surface area (Å²) in [6.45, 7) is 0.602. The topological polar surface area (TPSA) is 81.1 Å². The Hall–Kier alpha value is -2.14. The van der Waals surface area contributed by atoms with E-state index in [1.807, 2.05) is 41.1 Å². The van der Waals surface area contributed by atoms with Crippen molar-refractivity contribution in [1.82, 2.24) is 9.55 Å². The third kappa shape index (κ3) is 2.34. The van der Waals surface area contributed by atoms with E-state index in [4.69, 9.17) is 5.73 Å². The largest absolute Gasteiger partial charge is 0.481 e. The lowest BCUT2D eigenvalue weighted by atomic mass is 9.98. The number of nitrogens with zero attached hydrogens (tertiary/aromatic N) is 2. The molecule has 2 aromatic rings. The van der Waals surface area contributed by atoms with Crippen molar-refractivity contribution in [2.24, 2.45) is 11.7 Å². The van der Waals surface area contributed by atoms with Gasteiger partial charge in [0.1, 0.15) is 5.41 Å². The maximum atomic E-state index is 11.7. The molecule has 21 heavy (non-hydrogen) atoms. The normalized spacial score (nSPS) is 24.0. The van der Waals surface area contributed by atoms with Crippen LogP contribution in [0.15, 0.2) is 42.9 Å². The summed E-state index contributed by atoms with van der Waals surface area (Å²) in [6, 6.07) is 9.78. The second kappa shape index (κ2) is 5.33. The molecule has 0 radical (unpaired) electrons. The van der Waals surface area contributed by atoms with Gasteiger partial charge >= 0.3 is 5.97 Å². The summed E-state index contributed by atoms with van der Waals surface area (Å²) in [5.74, 6) is -0.625. The molecule has 5 nitrogen and oxygen atoms in total. The Kier molecular flexibility index (Phi) is 3.51. The zero-order valence-corrected chi connectivity index (χ0v) is 11.8. The SMILES string of the molecule is NCCC[C@H]1CC1(C(=O)O)c1cn(-c2ccccc2)cn1. The molecule has 2 atom stereocenters. The summed E-state index contributed by atoms with van der Waals surface area (Å²) < 4.78 is 1.87. The minimum Gasteiger partial charge on any atom is -0.481 e. The molecule has 1 aliphatic carbocycles. The van der Waals surface area contributed by atoms with Gasteiger partial charge in [0.05, 0.1) is 12.0 Å². The van der Waals surface area contributed by atoms with Crippen molar-refractivity contribution < 1.29 is 9.90 Å². The molecule has 0 amide bonds. The Morgan fingerprint density at radius 1 is 1.43 bits per heavy atom. The van der Waals surface area contributed by atoms with Gasteiger partial charge in [-0.1, -0.05) is 18.2 Å². The molecule has 0 aliphatic heterocycles. The average Bonchev–Trinajstić information content (AvgIpc) is 3.03. The number of aliphatic carboxylic acids is 1. The Morgan fingerprint density at radius 3 is 2.86 bits per heavy atom. The van der Waals surface area contributed by atoms with Gasteiger partial charge in [-0.05, 0) is 43.9 Å². The minimum atomic E-state index is -0.810. The molecule has 1 unspecified atom stereocenters. The number of carbonyl (C=O) groups is 1. The standard InChI is InChI=1S/C16H19N3O2/c17-8-4-5-12-9-16(12,15(20)21)14-10-19(11-18-14)13-6-2-1-3-7-13/h1-3,6-7,10-12H,4-5,8-9,17H2,(H,20,21)/t12-,16?/m0/s1. The molecule has 5 heteroatoms. The van der Waals surface area contributed by atoms with Crippen molar-refractivity contribution in [2.45, 2.75) is 24.7 Å².